The molecule has 3 N–H and O–H groups in total. The van der Waals surface area contributed by atoms with E-state index in [9.17, 15) is 14.0 Å². The highest BCUT2D eigenvalue weighted by atomic mass is 35.5. The van der Waals surface area contributed by atoms with Crippen molar-refractivity contribution in [2.75, 3.05) is 5.32 Å². The van der Waals surface area contributed by atoms with Gasteiger partial charge in [0.05, 0.1) is 16.1 Å². The van der Waals surface area contributed by atoms with Gasteiger partial charge in [-0.1, -0.05) is 11.6 Å². The average Bonchev–Trinajstić information content (AvgIpc) is 2.41. The molecule has 5 nitrogen and oxygen atoms in total. The highest BCUT2D eigenvalue weighted by molar-refractivity contribution is 6.34. The molecular formula is C13H9ClFN3O2. The van der Waals surface area contributed by atoms with Crippen LogP contribution in [0.25, 0.3) is 0 Å². The summed E-state index contributed by atoms with van der Waals surface area (Å²) in [6.45, 7) is 0. The number of aromatic nitrogens is 1. The van der Waals surface area contributed by atoms with Gasteiger partial charge in [-0.2, -0.15) is 0 Å². The van der Waals surface area contributed by atoms with Gasteiger partial charge >= 0.3 is 0 Å². The number of hydrogen-bond acceptors (Lipinski definition) is 3. The fourth-order valence-corrected chi connectivity index (χ4v) is 1.75. The van der Waals surface area contributed by atoms with Crippen LogP contribution in [0.3, 0.4) is 0 Å². The van der Waals surface area contributed by atoms with Gasteiger partial charge in [-0.25, -0.2) is 4.39 Å². The van der Waals surface area contributed by atoms with Gasteiger partial charge in [0.25, 0.3) is 11.8 Å². The van der Waals surface area contributed by atoms with E-state index in [1.807, 2.05) is 0 Å². The van der Waals surface area contributed by atoms with E-state index in [0.717, 1.165) is 12.1 Å². The second-order valence-electron chi connectivity index (χ2n) is 3.87. The molecule has 7 heteroatoms. The molecule has 0 saturated carbocycles. The number of nitrogens with one attached hydrogen (secondary N) is 1. The Morgan fingerprint density at radius 3 is 2.65 bits per heavy atom. The van der Waals surface area contributed by atoms with Crippen LogP contribution in [0.5, 0.6) is 0 Å². The van der Waals surface area contributed by atoms with Crippen LogP contribution in [0, 0.1) is 5.82 Å². The van der Waals surface area contributed by atoms with E-state index in [1.165, 1.54) is 24.5 Å². The topological polar surface area (TPSA) is 85.1 Å². The Balaban J connectivity index is 2.27. The fourth-order valence-electron chi connectivity index (χ4n) is 1.55. The van der Waals surface area contributed by atoms with E-state index in [2.05, 4.69) is 10.3 Å². The van der Waals surface area contributed by atoms with Gasteiger partial charge in [0, 0.05) is 18.1 Å². The van der Waals surface area contributed by atoms with Crippen molar-refractivity contribution >= 4 is 29.1 Å². The first kappa shape index (κ1) is 14.0. The molecule has 1 aromatic carbocycles. The zero-order valence-corrected chi connectivity index (χ0v) is 10.8. The van der Waals surface area contributed by atoms with Gasteiger partial charge in [0.15, 0.2) is 0 Å². The van der Waals surface area contributed by atoms with E-state index < -0.39 is 17.6 Å². The molecule has 0 aliphatic carbocycles. The second-order valence-corrected chi connectivity index (χ2v) is 4.28. The summed E-state index contributed by atoms with van der Waals surface area (Å²) in [5, 5.41) is 2.68. The number of pyridine rings is 1. The molecule has 2 aromatic rings. The normalized spacial score (nSPS) is 10.1. The third-order valence-electron chi connectivity index (χ3n) is 2.51. The van der Waals surface area contributed by atoms with E-state index in [4.69, 9.17) is 17.3 Å². The quantitative estimate of drug-likeness (QED) is 0.910. The van der Waals surface area contributed by atoms with Crippen LogP contribution < -0.4 is 11.1 Å². The van der Waals surface area contributed by atoms with Crippen LogP contribution in [-0.2, 0) is 0 Å². The summed E-state index contributed by atoms with van der Waals surface area (Å²) < 4.78 is 13.3. The first-order valence-corrected chi connectivity index (χ1v) is 5.87. The number of carbonyl (C=O) groups is 2. The summed E-state index contributed by atoms with van der Waals surface area (Å²) in [6.07, 6.45) is 2.75. The maximum absolute atomic E-state index is 13.3. The monoisotopic (exact) mass is 293 g/mol. The van der Waals surface area contributed by atoms with Crippen LogP contribution in [0.1, 0.15) is 20.7 Å². The Kier molecular flexibility index (Phi) is 3.95. The van der Waals surface area contributed by atoms with E-state index in [1.54, 1.807) is 0 Å². The van der Waals surface area contributed by atoms with E-state index in [0.29, 0.717) is 0 Å². The van der Waals surface area contributed by atoms with Crippen molar-refractivity contribution in [3.8, 4) is 0 Å². The lowest BCUT2D eigenvalue weighted by molar-refractivity contribution is 0.0992. The minimum absolute atomic E-state index is 0.183. The zero-order chi connectivity index (χ0) is 14.7. The minimum atomic E-state index is -0.916. The third kappa shape index (κ3) is 2.92. The average molecular weight is 294 g/mol. The van der Waals surface area contributed by atoms with Gasteiger partial charge in [-0.15, -0.1) is 0 Å². The molecule has 0 bridgehead atoms. The van der Waals surface area contributed by atoms with Gasteiger partial charge in [0.1, 0.15) is 5.82 Å². The first-order valence-electron chi connectivity index (χ1n) is 5.49. The van der Waals surface area contributed by atoms with Gasteiger partial charge < -0.3 is 11.1 Å². The summed E-state index contributed by atoms with van der Waals surface area (Å²) in [7, 11) is 0. The predicted molar refractivity (Wildman–Crippen MR) is 72.1 cm³/mol. The molecule has 2 rings (SSSR count). The zero-order valence-electron chi connectivity index (χ0n) is 10.1. The Morgan fingerprint density at radius 2 is 2.00 bits per heavy atom. The van der Waals surface area contributed by atoms with Crippen molar-refractivity contribution < 1.29 is 14.0 Å². The van der Waals surface area contributed by atoms with Crippen molar-refractivity contribution in [1.82, 2.24) is 4.98 Å². The highest BCUT2D eigenvalue weighted by Gasteiger charge is 2.13. The molecule has 1 aromatic heterocycles. The van der Waals surface area contributed by atoms with E-state index in [-0.39, 0.29) is 21.8 Å². The second kappa shape index (κ2) is 5.66. The number of halogens is 2. The molecule has 0 radical (unpaired) electrons. The van der Waals surface area contributed by atoms with Gasteiger partial charge in [0.2, 0.25) is 0 Å². The number of carbonyl (C=O) groups excluding carboxylic acids is 2. The molecule has 0 unspecified atom stereocenters. The summed E-state index contributed by atoms with van der Waals surface area (Å²) in [6, 6.07) is 4.96. The Hall–Kier alpha value is -2.47. The molecule has 0 spiro atoms. The molecule has 0 aliphatic rings. The fraction of sp³-hybridized carbons (Fsp3) is 0. The summed E-state index contributed by atoms with van der Waals surface area (Å²) in [5.74, 6) is -2.17. The molecule has 1 heterocycles. The molecule has 0 saturated heterocycles. The van der Waals surface area contributed by atoms with Crippen molar-refractivity contribution in [2.45, 2.75) is 0 Å². The molecule has 20 heavy (non-hydrogen) atoms. The maximum Gasteiger partial charge on any atom is 0.257 e. The highest BCUT2D eigenvalue weighted by Crippen LogP contribution is 2.18. The molecule has 0 fully saturated rings. The van der Waals surface area contributed by atoms with Crippen molar-refractivity contribution in [2.24, 2.45) is 5.73 Å². The minimum Gasteiger partial charge on any atom is -0.366 e. The predicted octanol–water partition coefficient (Wildman–Crippen LogP) is 2.23. The lowest BCUT2D eigenvalue weighted by atomic mass is 10.1. The number of nitrogens with two attached hydrogens (primary N) is 1. The summed E-state index contributed by atoms with van der Waals surface area (Å²) in [4.78, 5) is 26.8. The Labute approximate surface area is 118 Å². The van der Waals surface area contributed by atoms with E-state index >= 15 is 0 Å². The van der Waals surface area contributed by atoms with Gasteiger partial charge in [-0.3, -0.25) is 14.6 Å². The lowest BCUT2D eigenvalue weighted by Crippen LogP contribution is -2.16. The van der Waals surface area contributed by atoms with Crippen LogP contribution in [0.2, 0.25) is 5.02 Å². The number of amides is 2. The van der Waals surface area contributed by atoms with Crippen LogP contribution in [0.15, 0.2) is 36.7 Å². The molecule has 102 valence electrons. The van der Waals surface area contributed by atoms with Crippen LogP contribution in [0.4, 0.5) is 10.1 Å². The van der Waals surface area contributed by atoms with Crippen molar-refractivity contribution in [3.63, 3.8) is 0 Å². The molecule has 0 aliphatic heterocycles. The van der Waals surface area contributed by atoms with Gasteiger partial charge in [-0.05, 0) is 24.3 Å². The molecular weight excluding hydrogens is 285 g/mol. The smallest absolute Gasteiger partial charge is 0.257 e. The maximum atomic E-state index is 13.3. The Morgan fingerprint density at radius 1 is 1.25 bits per heavy atom. The number of primary amides is 1. The third-order valence-corrected chi connectivity index (χ3v) is 2.81. The lowest BCUT2D eigenvalue weighted by Gasteiger charge is -2.07. The van der Waals surface area contributed by atoms with Crippen molar-refractivity contribution in [3.05, 3.63) is 58.6 Å². The Bertz CT molecular complexity index is 691. The number of rotatable bonds is 3. The standard InChI is InChI=1S/C13H9ClFN3O2/c14-10-6-17-4-3-8(10)13(20)18-7-1-2-11(15)9(5-7)12(16)19/h1-6H,(H2,16,19)(H,18,20). The van der Waals surface area contributed by atoms with Crippen LogP contribution in [-0.4, -0.2) is 16.8 Å². The number of benzene rings is 1. The number of nitrogens with zero attached hydrogens (tertiary/aromatic N) is 1. The van der Waals surface area contributed by atoms with Crippen LogP contribution >= 0.6 is 11.6 Å². The number of hydrogen-bond donors (Lipinski definition) is 2. The van der Waals surface area contributed by atoms with Crippen molar-refractivity contribution in [1.29, 1.82) is 0 Å². The molecule has 0 atom stereocenters. The summed E-state index contributed by atoms with van der Waals surface area (Å²) >= 11 is 5.83. The number of anilines is 1. The summed E-state index contributed by atoms with van der Waals surface area (Å²) in [5.41, 5.74) is 5.18. The first-order chi connectivity index (χ1) is 9.49. The SMILES string of the molecule is NC(=O)c1cc(NC(=O)c2ccncc2Cl)ccc1F. The largest absolute Gasteiger partial charge is 0.366 e. The molecule has 2 amide bonds.